The molecule has 7 N–H and O–H groups in total. The van der Waals surface area contributed by atoms with E-state index >= 15 is 0 Å². The minimum atomic E-state index is -0.815. The third-order valence-corrected chi connectivity index (χ3v) is 8.65. The third-order valence-electron chi connectivity index (χ3n) is 7.27. The summed E-state index contributed by atoms with van der Waals surface area (Å²) in [5.74, 6) is 0.701. The van der Waals surface area contributed by atoms with E-state index in [2.05, 4.69) is 38.4 Å². The number of aliphatic hydroxyl groups is 1. The van der Waals surface area contributed by atoms with Crippen LogP contribution in [-0.4, -0.2) is 107 Å². The van der Waals surface area contributed by atoms with Crippen molar-refractivity contribution in [2.24, 2.45) is 22.4 Å². The second-order valence-corrected chi connectivity index (χ2v) is 11.0. The van der Waals surface area contributed by atoms with Crippen molar-refractivity contribution in [1.29, 1.82) is 0 Å². The predicted molar refractivity (Wildman–Crippen MR) is 147 cm³/mol. The number of aliphatic hydroxyl groups excluding tert-OH is 1. The van der Waals surface area contributed by atoms with E-state index in [1.54, 1.807) is 24.0 Å². The number of aromatic nitrogens is 1. The predicted octanol–water partition coefficient (Wildman–Crippen LogP) is 0.421. The molecule has 4 rings (SSSR count). The highest BCUT2D eigenvalue weighted by Crippen LogP contribution is 2.32. The standard InChI is InChI=1S/C24H37ClN8O2S/c1-2-32-3-5-33(6-4-32)12-22-30-21(13-36-22)24(35)31-19-8-15(7-18(27)17(19)10-26)16-9-20(29-14-34)23(25)28-11-16/h8-9,11,14,17-19,21,24,31,35H,2-7,10,12-13,26-27H2,1H3,(H,29,34)/t17?,18?,19-,21+,24-/m1/s1. The Morgan fingerprint density at radius 2 is 2.08 bits per heavy atom. The molecule has 5 atom stereocenters. The van der Waals surface area contributed by atoms with Gasteiger partial charge in [0.05, 0.1) is 16.8 Å². The first-order valence-electron chi connectivity index (χ1n) is 12.5. The molecule has 0 saturated carbocycles. The van der Waals surface area contributed by atoms with Crippen molar-refractivity contribution in [3.63, 3.8) is 0 Å². The molecule has 1 aromatic rings. The van der Waals surface area contributed by atoms with E-state index in [0.29, 0.717) is 25.1 Å². The summed E-state index contributed by atoms with van der Waals surface area (Å²) in [6.45, 7) is 8.82. The Morgan fingerprint density at radius 1 is 1.33 bits per heavy atom. The Hall–Kier alpha value is -1.57. The number of hydrogen-bond acceptors (Lipinski definition) is 10. The van der Waals surface area contributed by atoms with Gasteiger partial charge in [-0.3, -0.25) is 20.0 Å². The molecular formula is C24H37ClN8O2S. The highest BCUT2D eigenvalue weighted by atomic mass is 35.5. The topological polar surface area (TPSA) is 145 Å². The van der Waals surface area contributed by atoms with Gasteiger partial charge in [0.2, 0.25) is 6.41 Å². The summed E-state index contributed by atoms with van der Waals surface area (Å²) < 4.78 is 0. The number of hydrogen-bond donors (Lipinski definition) is 5. The first kappa shape index (κ1) is 27.5. The number of carbonyl (C=O) groups excluding carboxylic acids is 1. The number of nitrogens with zero attached hydrogens (tertiary/aromatic N) is 4. The summed E-state index contributed by atoms with van der Waals surface area (Å²) in [6, 6.07) is 1.13. The van der Waals surface area contributed by atoms with E-state index in [0.717, 1.165) is 61.2 Å². The summed E-state index contributed by atoms with van der Waals surface area (Å²) in [4.78, 5) is 24.8. The fourth-order valence-corrected chi connectivity index (χ4v) is 6.29. The number of likely N-dealkylation sites (N-methyl/N-ethyl adjacent to an activating group) is 1. The molecule has 0 bridgehead atoms. The Bertz CT molecular complexity index is 971. The SMILES string of the molecule is CCN1CCN(CC2=N[C@H]([C@@H](O)N[C@@H]3C=C(c4cnc(Cl)c(NC=O)c4)CC(N)C3CN)CS2)CC1. The van der Waals surface area contributed by atoms with Crippen LogP contribution in [0.15, 0.2) is 23.3 Å². The van der Waals surface area contributed by atoms with Crippen LogP contribution >= 0.6 is 23.4 Å². The molecule has 1 saturated heterocycles. The highest BCUT2D eigenvalue weighted by molar-refractivity contribution is 8.14. The number of halogens is 1. The number of piperazine rings is 1. The monoisotopic (exact) mass is 536 g/mol. The zero-order chi connectivity index (χ0) is 25.7. The van der Waals surface area contributed by atoms with Crippen molar-refractivity contribution in [3.8, 4) is 0 Å². The number of amides is 1. The maximum atomic E-state index is 11.1. The van der Waals surface area contributed by atoms with Crippen molar-refractivity contribution >= 4 is 46.1 Å². The molecule has 2 unspecified atom stereocenters. The largest absolute Gasteiger partial charge is 0.376 e. The van der Waals surface area contributed by atoms with Crippen molar-refractivity contribution in [1.82, 2.24) is 20.1 Å². The van der Waals surface area contributed by atoms with Crippen LogP contribution in [0.25, 0.3) is 5.57 Å². The number of nitrogens with one attached hydrogen (secondary N) is 2. The molecule has 0 radical (unpaired) electrons. The van der Waals surface area contributed by atoms with Crippen LogP contribution < -0.4 is 22.1 Å². The van der Waals surface area contributed by atoms with Crippen molar-refractivity contribution in [2.75, 3.05) is 56.9 Å². The number of carbonyl (C=O) groups is 1. The second kappa shape index (κ2) is 12.8. The van der Waals surface area contributed by atoms with Crippen LogP contribution in [0.5, 0.6) is 0 Å². The average Bonchev–Trinajstić information content (AvgIpc) is 3.34. The van der Waals surface area contributed by atoms with Gasteiger partial charge in [0.25, 0.3) is 0 Å². The number of aliphatic imine (C=N–C) groups is 1. The van der Waals surface area contributed by atoms with Crippen molar-refractivity contribution in [2.45, 2.75) is 37.7 Å². The maximum Gasteiger partial charge on any atom is 0.211 e. The van der Waals surface area contributed by atoms with E-state index in [1.807, 2.05) is 0 Å². The summed E-state index contributed by atoms with van der Waals surface area (Å²) in [7, 11) is 0. The summed E-state index contributed by atoms with van der Waals surface area (Å²) >= 11 is 7.81. The van der Waals surface area contributed by atoms with E-state index in [9.17, 15) is 9.90 Å². The number of rotatable bonds is 10. The van der Waals surface area contributed by atoms with Crippen LogP contribution in [0.3, 0.4) is 0 Å². The minimum Gasteiger partial charge on any atom is -0.376 e. The van der Waals surface area contributed by atoms with Gasteiger partial charge in [0, 0.05) is 62.7 Å². The number of nitrogens with two attached hydrogens (primary N) is 2. The number of anilines is 1. The smallest absolute Gasteiger partial charge is 0.211 e. The fraction of sp³-hybridized carbons (Fsp3) is 0.625. The lowest BCUT2D eigenvalue weighted by atomic mass is 9.79. The quantitative estimate of drug-likeness (QED) is 0.163. The van der Waals surface area contributed by atoms with Gasteiger partial charge in [0.1, 0.15) is 6.23 Å². The van der Waals surface area contributed by atoms with Crippen LogP contribution in [-0.2, 0) is 4.79 Å². The number of pyridine rings is 1. The molecule has 0 aromatic carbocycles. The summed E-state index contributed by atoms with van der Waals surface area (Å²) in [6.07, 6.45) is 4.08. The fourth-order valence-electron chi connectivity index (χ4n) is 5.03. The van der Waals surface area contributed by atoms with Gasteiger partial charge in [0.15, 0.2) is 5.15 Å². The van der Waals surface area contributed by atoms with E-state index < -0.39 is 6.23 Å². The molecule has 3 aliphatic rings. The molecule has 2 aliphatic heterocycles. The Morgan fingerprint density at radius 3 is 2.78 bits per heavy atom. The van der Waals surface area contributed by atoms with E-state index in [4.69, 9.17) is 28.1 Å². The summed E-state index contributed by atoms with van der Waals surface area (Å²) in [5.41, 5.74) is 14.8. The van der Waals surface area contributed by atoms with Crippen LogP contribution in [0.4, 0.5) is 5.69 Å². The molecule has 1 amide bonds. The van der Waals surface area contributed by atoms with Gasteiger partial charge in [-0.25, -0.2) is 4.98 Å². The van der Waals surface area contributed by atoms with E-state index in [-0.39, 0.29) is 29.2 Å². The molecule has 10 nitrogen and oxygen atoms in total. The average molecular weight is 537 g/mol. The third kappa shape index (κ3) is 6.65. The normalized spacial score (nSPS) is 28.5. The van der Waals surface area contributed by atoms with Gasteiger partial charge < -0.3 is 26.8 Å². The van der Waals surface area contributed by atoms with Crippen LogP contribution in [0.2, 0.25) is 5.15 Å². The van der Waals surface area contributed by atoms with Crippen molar-refractivity contribution < 1.29 is 9.90 Å². The molecule has 198 valence electrons. The maximum absolute atomic E-state index is 11.1. The van der Waals surface area contributed by atoms with Gasteiger partial charge in [-0.15, -0.1) is 11.8 Å². The Labute approximate surface area is 221 Å². The molecule has 12 heteroatoms. The molecule has 3 heterocycles. The zero-order valence-corrected chi connectivity index (χ0v) is 22.2. The second-order valence-electron chi connectivity index (χ2n) is 9.53. The Kier molecular flexibility index (Phi) is 9.76. The lowest BCUT2D eigenvalue weighted by Gasteiger charge is -2.37. The molecule has 1 aromatic heterocycles. The van der Waals surface area contributed by atoms with Crippen LogP contribution in [0, 0.1) is 5.92 Å². The first-order chi connectivity index (χ1) is 17.4. The Balaban J connectivity index is 1.43. The number of thioether (sulfide) groups is 1. The van der Waals surface area contributed by atoms with Gasteiger partial charge in [-0.2, -0.15) is 0 Å². The van der Waals surface area contributed by atoms with Gasteiger partial charge >= 0.3 is 0 Å². The molecule has 36 heavy (non-hydrogen) atoms. The molecule has 1 aliphatic carbocycles. The lowest BCUT2D eigenvalue weighted by Crippen LogP contribution is -2.55. The minimum absolute atomic E-state index is 0.0383. The van der Waals surface area contributed by atoms with E-state index in [1.165, 1.54) is 0 Å². The van der Waals surface area contributed by atoms with Gasteiger partial charge in [-0.1, -0.05) is 24.6 Å². The molecule has 0 spiro atoms. The molecule has 1 fully saturated rings. The highest BCUT2D eigenvalue weighted by Gasteiger charge is 2.35. The lowest BCUT2D eigenvalue weighted by molar-refractivity contribution is -0.105. The van der Waals surface area contributed by atoms with Crippen molar-refractivity contribution in [3.05, 3.63) is 29.1 Å². The zero-order valence-electron chi connectivity index (χ0n) is 20.6. The first-order valence-corrected chi connectivity index (χ1v) is 13.9. The van der Waals surface area contributed by atoms with Gasteiger partial charge in [-0.05, 0) is 36.7 Å². The van der Waals surface area contributed by atoms with Crippen LogP contribution in [0.1, 0.15) is 18.9 Å². The molecular weight excluding hydrogens is 500 g/mol. The summed E-state index contributed by atoms with van der Waals surface area (Å²) in [5, 5.41) is 18.3.